The number of aromatic nitrogens is 2. The number of amides is 1. The molecule has 5 nitrogen and oxygen atoms in total. The van der Waals surface area contributed by atoms with Crippen LogP contribution in [-0.4, -0.2) is 28.6 Å². The second-order valence-corrected chi connectivity index (χ2v) is 8.07. The largest absolute Gasteiger partial charge is 0.491 e. The molecule has 0 saturated carbocycles. The lowest BCUT2D eigenvalue weighted by Gasteiger charge is -2.13. The van der Waals surface area contributed by atoms with Gasteiger partial charge in [0.15, 0.2) is 0 Å². The molecule has 4 rings (SSSR count). The maximum absolute atomic E-state index is 12.2. The van der Waals surface area contributed by atoms with E-state index in [1.165, 1.54) is 5.56 Å². The first-order chi connectivity index (χ1) is 16.1. The van der Waals surface area contributed by atoms with Gasteiger partial charge in [0.2, 0.25) is 5.91 Å². The fourth-order valence-electron chi connectivity index (χ4n) is 3.77. The molecule has 0 spiro atoms. The Labute approximate surface area is 194 Å². The Morgan fingerprint density at radius 1 is 1.03 bits per heavy atom. The number of aryl methyl sites for hydroxylation is 2. The van der Waals surface area contributed by atoms with Crippen molar-refractivity contribution in [2.45, 2.75) is 26.8 Å². The average Bonchev–Trinajstić information content (AvgIpc) is 3.18. The third-order valence-electron chi connectivity index (χ3n) is 5.52. The Morgan fingerprint density at radius 3 is 2.67 bits per heavy atom. The lowest BCUT2D eigenvalue weighted by molar-refractivity contribution is -0.116. The smallest absolute Gasteiger partial charge is 0.244 e. The van der Waals surface area contributed by atoms with Crippen molar-refractivity contribution in [1.29, 1.82) is 0 Å². The van der Waals surface area contributed by atoms with Gasteiger partial charge >= 0.3 is 0 Å². The second-order valence-electron chi connectivity index (χ2n) is 8.07. The van der Waals surface area contributed by atoms with Crippen LogP contribution in [0.5, 0.6) is 5.75 Å². The van der Waals surface area contributed by atoms with Crippen LogP contribution in [0.3, 0.4) is 0 Å². The molecule has 168 valence electrons. The number of nitrogens with one attached hydrogen (secondary N) is 1. The van der Waals surface area contributed by atoms with Crippen LogP contribution in [-0.2, 0) is 17.8 Å². The first-order valence-corrected chi connectivity index (χ1v) is 11.3. The van der Waals surface area contributed by atoms with E-state index in [1.807, 2.05) is 54.6 Å². The zero-order valence-corrected chi connectivity index (χ0v) is 19.1. The summed E-state index contributed by atoms with van der Waals surface area (Å²) in [4.78, 5) is 17.0. The van der Waals surface area contributed by atoms with Crippen molar-refractivity contribution < 1.29 is 9.53 Å². The SMILES string of the molecule is Cc1ccc(C)c(OCCn2c(CCNC(=O)/C=C/c3ccccc3)nc3ccccc32)c1. The van der Waals surface area contributed by atoms with Crippen LogP contribution < -0.4 is 10.1 Å². The van der Waals surface area contributed by atoms with Crippen molar-refractivity contribution in [1.82, 2.24) is 14.9 Å². The van der Waals surface area contributed by atoms with E-state index in [-0.39, 0.29) is 5.91 Å². The van der Waals surface area contributed by atoms with Crippen molar-refractivity contribution in [3.8, 4) is 5.75 Å². The first kappa shape index (κ1) is 22.3. The van der Waals surface area contributed by atoms with E-state index in [1.54, 1.807) is 6.08 Å². The number of fused-ring (bicyclic) bond motifs is 1. The summed E-state index contributed by atoms with van der Waals surface area (Å²) in [5.41, 5.74) is 5.34. The maximum Gasteiger partial charge on any atom is 0.244 e. The minimum atomic E-state index is -0.111. The van der Waals surface area contributed by atoms with Crippen molar-refractivity contribution in [3.05, 3.63) is 101 Å². The number of carbonyl (C=O) groups excluding carboxylic acids is 1. The van der Waals surface area contributed by atoms with E-state index in [2.05, 4.69) is 48.0 Å². The summed E-state index contributed by atoms with van der Waals surface area (Å²) in [5, 5.41) is 2.96. The van der Waals surface area contributed by atoms with Crippen molar-refractivity contribution >= 4 is 23.0 Å². The summed E-state index contributed by atoms with van der Waals surface area (Å²) < 4.78 is 8.27. The van der Waals surface area contributed by atoms with Crippen LogP contribution in [0.2, 0.25) is 0 Å². The standard InChI is InChI=1S/C28H29N3O2/c1-21-12-13-22(2)26(20-21)33-19-18-31-25-11-7-6-10-24(25)30-27(31)16-17-29-28(32)15-14-23-8-4-3-5-9-23/h3-15,20H,16-19H2,1-2H3,(H,29,32)/b15-14+. The second kappa shape index (κ2) is 10.6. The predicted molar refractivity (Wildman–Crippen MR) is 133 cm³/mol. The van der Waals surface area contributed by atoms with Gasteiger partial charge in [-0.2, -0.15) is 0 Å². The minimum Gasteiger partial charge on any atom is -0.491 e. The van der Waals surface area contributed by atoms with E-state index < -0.39 is 0 Å². The molecular weight excluding hydrogens is 410 g/mol. The van der Waals surface area contributed by atoms with Crippen molar-refractivity contribution in [3.63, 3.8) is 0 Å². The molecule has 1 N–H and O–H groups in total. The number of benzene rings is 3. The zero-order chi connectivity index (χ0) is 23.0. The summed E-state index contributed by atoms with van der Waals surface area (Å²) in [7, 11) is 0. The lowest BCUT2D eigenvalue weighted by atomic mass is 10.1. The summed E-state index contributed by atoms with van der Waals surface area (Å²) in [6.45, 7) is 5.87. The molecule has 0 aliphatic rings. The van der Waals surface area contributed by atoms with Crippen LogP contribution in [0, 0.1) is 13.8 Å². The summed E-state index contributed by atoms with van der Waals surface area (Å²) in [6, 6.07) is 24.1. The fourth-order valence-corrected chi connectivity index (χ4v) is 3.77. The van der Waals surface area contributed by atoms with E-state index in [9.17, 15) is 4.79 Å². The van der Waals surface area contributed by atoms with E-state index in [4.69, 9.17) is 9.72 Å². The van der Waals surface area contributed by atoms with Gasteiger partial charge in [0.25, 0.3) is 0 Å². The van der Waals surface area contributed by atoms with Gasteiger partial charge in [-0.25, -0.2) is 4.98 Å². The van der Waals surface area contributed by atoms with Gasteiger partial charge < -0.3 is 14.6 Å². The Morgan fingerprint density at radius 2 is 1.82 bits per heavy atom. The molecule has 1 aromatic heterocycles. The van der Waals surface area contributed by atoms with Crippen LogP contribution in [0.1, 0.15) is 22.5 Å². The van der Waals surface area contributed by atoms with Crippen LogP contribution >= 0.6 is 0 Å². The van der Waals surface area contributed by atoms with Crippen LogP contribution in [0.25, 0.3) is 17.1 Å². The molecule has 0 saturated heterocycles. The normalized spacial score (nSPS) is 11.2. The molecule has 0 bridgehead atoms. The molecule has 0 aliphatic heterocycles. The Kier molecular flexibility index (Phi) is 7.20. The fraction of sp³-hybridized carbons (Fsp3) is 0.214. The molecule has 1 heterocycles. The number of imidazole rings is 1. The molecule has 0 fully saturated rings. The van der Waals surface area contributed by atoms with Gasteiger partial charge in [0, 0.05) is 19.0 Å². The number of carbonyl (C=O) groups is 1. The molecule has 4 aromatic rings. The van der Waals surface area contributed by atoms with Crippen LogP contribution in [0.4, 0.5) is 0 Å². The van der Waals surface area contributed by atoms with Gasteiger partial charge in [-0.3, -0.25) is 4.79 Å². The molecule has 1 amide bonds. The zero-order valence-electron chi connectivity index (χ0n) is 19.1. The lowest BCUT2D eigenvalue weighted by Crippen LogP contribution is -2.25. The predicted octanol–water partition coefficient (Wildman–Crippen LogP) is 5.10. The highest BCUT2D eigenvalue weighted by Crippen LogP contribution is 2.20. The highest BCUT2D eigenvalue weighted by Gasteiger charge is 2.11. The third-order valence-corrected chi connectivity index (χ3v) is 5.52. The number of nitrogens with zero attached hydrogens (tertiary/aromatic N) is 2. The molecule has 0 unspecified atom stereocenters. The first-order valence-electron chi connectivity index (χ1n) is 11.3. The molecular formula is C28H29N3O2. The third kappa shape index (κ3) is 5.89. The van der Waals surface area contributed by atoms with E-state index in [0.29, 0.717) is 26.1 Å². The molecule has 0 atom stereocenters. The number of hydrogen-bond acceptors (Lipinski definition) is 3. The molecule has 0 aliphatic carbocycles. The van der Waals surface area contributed by atoms with Gasteiger partial charge in [0.1, 0.15) is 18.2 Å². The topological polar surface area (TPSA) is 56.1 Å². The quantitative estimate of drug-likeness (QED) is 0.369. The van der Waals surface area contributed by atoms with Crippen molar-refractivity contribution in [2.75, 3.05) is 13.2 Å². The molecule has 33 heavy (non-hydrogen) atoms. The van der Waals surface area contributed by atoms with Crippen LogP contribution in [0.15, 0.2) is 78.9 Å². The number of rotatable bonds is 9. The number of para-hydroxylation sites is 2. The van der Waals surface area contributed by atoms with E-state index >= 15 is 0 Å². The number of ether oxygens (including phenoxy) is 1. The Bertz CT molecular complexity index is 1260. The Balaban J connectivity index is 1.39. The summed E-state index contributed by atoms with van der Waals surface area (Å²) >= 11 is 0. The highest BCUT2D eigenvalue weighted by atomic mass is 16.5. The van der Waals surface area contributed by atoms with E-state index in [0.717, 1.165) is 33.7 Å². The summed E-state index contributed by atoms with van der Waals surface area (Å²) in [5.74, 6) is 1.74. The highest BCUT2D eigenvalue weighted by molar-refractivity contribution is 5.91. The van der Waals surface area contributed by atoms with Crippen molar-refractivity contribution in [2.24, 2.45) is 0 Å². The number of hydrogen-bond donors (Lipinski definition) is 1. The van der Waals surface area contributed by atoms with Gasteiger partial charge in [0.05, 0.1) is 17.6 Å². The van der Waals surface area contributed by atoms with Gasteiger partial charge in [-0.1, -0.05) is 54.6 Å². The summed E-state index contributed by atoms with van der Waals surface area (Å²) in [6.07, 6.45) is 4.02. The van der Waals surface area contributed by atoms with Gasteiger partial charge in [-0.05, 0) is 54.8 Å². The Hall–Kier alpha value is -3.86. The average molecular weight is 440 g/mol. The minimum absolute atomic E-state index is 0.111. The van der Waals surface area contributed by atoms with Gasteiger partial charge in [-0.15, -0.1) is 0 Å². The molecule has 5 heteroatoms. The maximum atomic E-state index is 12.2. The molecule has 3 aromatic carbocycles. The molecule has 0 radical (unpaired) electrons. The monoisotopic (exact) mass is 439 g/mol.